The van der Waals surface area contributed by atoms with Crippen molar-refractivity contribution < 1.29 is 23.6 Å². The molecule has 1 aromatic carbocycles. The summed E-state index contributed by atoms with van der Waals surface area (Å²) in [5.74, 6) is -3.59. The van der Waals surface area contributed by atoms with Crippen LogP contribution in [0, 0.1) is 26.6 Å². The number of aryl methyl sites for hydroxylation is 1. The third kappa shape index (κ3) is 4.24. The molecule has 30 heavy (non-hydrogen) atoms. The summed E-state index contributed by atoms with van der Waals surface area (Å²) < 4.78 is 14.9. The van der Waals surface area contributed by atoms with Gasteiger partial charge in [-0.15, -0.1) is 0 Å². The zero-order valence-electron chi connectivity index (χ0n) is 17.8. The fourth-order valence-electron chi connectivity index (χ4n) is 3.06. The molecule has 9 heteroatoms. The summed E-state index contributed by atoms with van der Waals surface area (Å²) >= 11 is 0. The van der Waals surface area contributed by atoms with E-state index in [1.807, 2.05) is 0 Å². The van der Waals surface area contributed by atoms with E-state index < -0.39 is 34.9 Å². The lowest BCUT2D eigenvalue weighted by Gasteiger charge is -2.21. The Balaban J connectivity index is 2.37. The van der Waals surface area contributed by atoms with Gasteiger partial charge < -0.3 is 20.9 Å². The van der Waals surface area contributed by atoms with Crippen molar-refractivity contribution >= 4 is 29.2 Å². The molecule has 3 amide bonds. The Morgan fingerprint density at radius 3 is 2.23 bits per heavy atom. The van der Waals surface area contributed by atoms with Gasteiger partial charge in [0.15, 0.2) is 0 Å². The second kappa shape index (κ2) is 8.10. The third-order valence-corrected chi connectivity index (χ3v) is 5.04. The van der Waals surface area contributed by atoms with Crippen LogP contribution >= 0.6 is 0 Å². The number of nitrogens with one attached hydrogen (secondary N) is 2. The Kier molecular flexibility index (Phi) is 6.15. The number of halogens is 1. The van der Waals surface area contributed by atoms with Gasteiger partial charge in [0.1, 0.15) is 11.4 Å². The minimum Gasteiger partial charge on any atom is -0.368 e. The second-order valence-electron chi connectivity index (χ2n) is 7.68. The molecule has 0 radical (unpaired) electrons. The molecule has 0 saturated carbocycles. The number of nitrogens with two attached hydrogens (primary N) is 1. The highest BCUT2D eigenvalue weighted by Gasteiger charge is 2.33. The largest absolute Gasteiger partial charge is 0.368 e. The van der Waals surface area contributed by atoms with E-state index in [-0.39, 0.29) is 11.3 Å². The highest BCUT2D eigenvalue weighted by molar-refractivity contribution is 6.43. The van der Waals surface area contributed by atoms with Gasteiger partial charge >= 0.3 is 0 Å². The molecule has 0 saturated heterocycles. The number of primary amides is 1. The molecule has 0 aliphatic heterocycles. The van der Waals surface area contributed by atoms with Gasteiger partial charge in [-0.05, 0) is 63.9 Å². The van der Waals surface area contributed by atoms with Crippen molar-refractivity contribution in [1.29, 1.82) is 0 Å². The number of carbonyl (C=O) groups is 4. The monoisotopic (exact) mass is 416 g/mol. The first-order chi connectivity index (χ1) is 13.8. The normalized spacial score (nSPS) is 11.2. The Morgan fingerprint density at radius 2 is 1.70 bits per heavy atom. The van der Waals surface area contributed by atoms with Crippen molar-refractivity contribution in [3.05, 3.63) is 52.1 Å². The van der Waals surface area contributed by atoms with Crippen molar-refractivity contribution in [3.63, 3.8) is 0 Å². The van der Waals surface area contributed by atoms with Crippen LogP contribution in [-0.2, 0) is 16.6 Å². The van der Waals surface area contributed by atoms with Crippen LogP contribution in [0.1, 0.15) is 51.5 Å². The van der Waals surface area contributed by atoms with Gasteiger partial charge in [-0.3, -0.25) is 19.2 Å². The fourth-order valence-corrected chi connectivity index (χ4v) is 3.06. The molecule has 1 aromatic heterocycles. The molecule has 0 unspecified atom stereocenters. The van der Waals surface area contributed by atoms with Crippen molar-refractivity contribution in [2.75, 3.05) is 5.32 Å². The van der Waals surface area contributed by atoms with E-state index in [9.17, 15) is 23.6 Å². The standard InChI is InChI=1S/C21H25FN4O4/c1-10-9-13(7-8-14(10)22)24-18(28)15-11(2)16(26(6)12(15)3)17(27)19(29)25-21(4,5)20(23)30/h7-9H,1-6H3,(H2,23,30)(H,24,28)(H,25,29). The highest BCUT2D eigenvalue weighted by Crippen LogP contribution is 2.24. The maximum absolute atomic E-state index is 13.5. The van der Waals surface area contributed by atoms with Crippen LogP contribution in [0.5, 0.6) is 0 Å². The third-order valence-electron chi connectivity index (χ3n) is 5.04. The van der Waals surface area contributed by atoms with Crippen molar-refractivity contribution in [2.24, 2.45) is 12.8 Å². The molecule has 160 valence electrons. The van der Waals surface area contributed by atoms with Gasteiger partial charge in [-0.1, -0.05) is 0 Å². The lowest BCUT2D eigenvalue weighted by atomic mass is 10.0. The number of aromatic nitrogens is 1. The minimum atomic E-state index is -1.42. The zero-order valence-corrected chi connectivity index (χ0v) is 17.8. The number of amides is 3. The van der Waals surface area contributed by atoms with Crippen LogP contribution in [0.25, 0.3) is 0 Å². The lowest BCUT2D eigenvalue weighted by Crippen LogP contribution is -2.54. The van der Waals surface area contributed by atoms with Crippen LogP contribution in [0.3, 0.4) is 0 Å². The van der Waals surface area contributed by atoms with Gasteiger partial charge in [-0.2, -0.15) is 0 Å². The number of hydrogen-bond acceptors (Lipinski definition) is 4. The molecule has 8 nitrogen and oxygen atoms in total. The molecule has 0 bridgehead atoms. The Hall–Kier alpha value is -3.49. The smallest absolute Gasteiger partial charge is 0.294 e. The van der Waals surface area contributed by atoms with E-state index in [1.54, 1.807) is 27.8 Å². The number of Topliss-reactive ketones (excluding diaryl/α,β-unsaturated/α-hetero) is 1. The van der Waals surface area contributed by atoms with Gasteiger partial charge in [0.05, 0.1) is 11.3 Å². The molecule has 0 fully saturated rings. The maximum atomic E-state index is 13.5. The topological polar surface area (TPSA) is 123 Å². The predicted molar refractivity (Wildman–Crippen MR) is 110 cm³/mol. The molecule has 0 aliphatic carbocycles. The molecular weight excluding hydrogens is 391 g/mol. The number of carbonyl (C=O) groups excluding carboxylic acids is 4. The van der Waals surface area contributed by atoms with Crippen LogP contribution in [0.2, 0.25) is 0 Å². The Morgan fingerprint density at radius 1 is 1.10 bits per heavy atom. The summed E-state index contributed by atoms with van der Waals surface area (Å²) in [6, 6.07) is 4.17. The predicted octanol–water partition coefficient (Wildman–Crippen LogP) is 1.90. The Bertz CT molecular complexity index is 1070. The average molecular weight is 416 g/mol. The molecular formula is C21H25FN4O4. The average Bonchev–Trinajstić information content (AvgIpc) is 2.86. The number of anilines is 1. The zero-order chi connectivity index (χ0) is 23.0. The van der Waals surface area contributed by atoms with Gasteiger partial charge in [0.2, 0.25) is 5.91 Å². The number of hydrogen-bond donors (Lipinski definition) is 3. The van der Waals surface area contributed by atoms with E-state index >= 15 is 0 Å². The van der Waals surface area contributed by atoms with Crippen molar-refractivity contribution in [3.8, 4) is 0 Å². The quantitative estimate of drug-likeness (QED) is 0.491. The van der Waals surface area contributed by atoms with Gasteiger partial charge in [-0.25, -0.2) is 4.39 Å². The molecule has 2 aromatic rings. The van der Waals surface area contributed by atoms with Crippen LogP contribution < -0.4 is 16.4 Å². The number of nitrogens with zero attached hydrogens (tertiary/aromatic N) is 1. The van der Waals surface area contributed by atoms with E-state index in [4.69, 9.17) is 5.73 Å². The Labute approximate surface area is 173 Å². The number of benzene rings is 1. The first-order valence-electron chi connectivity index (χ1n) is 9.18. The molecule has 0 atom stereocenters. The fraction of sp³-hybridized carbons (Fsp3) is 0.333. The maximum Gasteiger partial charge on any atom is 0.294 e. The van der Waals surface area contributed by atoms with Gasteiger partial charge in [0.25, 0.3) is 17.6 Å². The van der Waals surface area contributed by atoms with E-state index in [2.05, 4.69) is 10.6 Å². The van der Waals surface area contributed by atoms with Crippen LogP contribution in [0.15, 0.2) is 18.2 Å². The number of ketones is 1. The van der Waals surface area contributed by atoms with Crippen molar-refractivity contribution in [2.45, 2.75) is 40.2 Å². The highest BCUT2D eigenvalue weighted by atomic mass is 19.1. The summed E-state index contributed by atoms with van der Waals surface area (Å²) in [7, 11) is 1.56. The molecule has 0 spiro atoms. The lowest BCUT2D eigenvalue weighted by molar-refractivity contribution is -0.128. The SMILES string of the molecule is Cc1cc(NC(=O)c2c(C)c(C(=O)C(=O)NC(C)(C)C(N)=O)n(C)c2C)ccc1F. The van der Waals surface area contributed by atoms with E-state index in [0.29, 0.717) is 22.5 Å². The van der Waals surface area contributed by atoms with Crippen LogP contribution in [-0.4, -0.2) is 33.6 Å². The first-order valence-corrected chi connectivity index (χ1v) is 9.18. The van der Waals surface area contributed by atoms with Crippen molar-refractivity contribution in [1.82, 2.24) is 9.88 Å². The minimum absolute atomic E-state index is 0.0192. The van der Waals surface area contributed by atoms with E-state index in [0.717, 1.165) is 0 Å². The molecule has 0 aliphatic rings. The summed E-state index contributed by atoms with van der Waals surface area (Å²) in [6.45, 7) is 7.53. The summed E-state index contributed by atoms with van der Waals surface area (Å²) in [5.41, 5.74) is 5.61. The molecule has 2 rings (SSSR count). The van der Waals surface area contributed by atoms with E-state index in [1.165, 1.54) is 36.6 Å². The van der Waals surface area contributed by atoms with Gasteiger partial charge in [0, 0.05) is 18.4 Å². The number of rotatable bonds is 6. The summed E-state index contributed by atoms with van der Waals surface area (Å²) in [5, 5.41) is 4.98. The molecule has 1 heterocycles. The molecule has 4 N–H and O–H groups in total. The summed E-state index contributed by atoms with van der Waals surface area (Å²) in [4.78, 5) is 49.4. The second-order valence-corrected chi connectivity index (χ2v) is 7.68. The first kappa shape index (κ1) is 22.8. The van der Waals surface area contributed by atoms with Crippen LogP contribution in [0.4, 0.5) is 10.1 Å². The summed E-state index contributed by atoms with van der Waals surface area (Å²) in [6.07, 6.45) is 0.